The summed E-state index contributed by atoms with van der Waals surface area (Å²) in [5.41, 5.74) is 0. The van der Waals surface area contributed by atoms with Gasteiger partial charge in [-0.25, -0.2) is 8.78 Å². The van der Waals surface area contributed by atoms with E-state index >= 15 is 0 Å². The van der Waals surface area contributed by atoms with E-state index in [0.717, 1.165) is 17.8 Å². The van der Waals surface area contributed by atoms with Gasteiger partial charge in [0.2, 0.25) is 5.91 Å². The van der Waals surface area contributed by atoms with E-state index in [1.165, 1.54) is 12.1 Å². The molecule has 2 rings (SSSR count). The zero-order chi connectivity index (χ0) is 13.8. The molecule has 1 N–H and O–H groups in total. The number of benzene rings is 1. The van der Waals surface area contributed by atoms with Gasteiger partial charge in [-0.1, -0.05) is 0 Å². The molecule has 0 unspecified atom stereocenters. The molecule has 1 amide bonds. The molecular formula is C13H15F2NO2S. The lowest BCUT2D eigenvalue weighted by atomic mass is 10.1. The number of hydrogen-bond donors (Lipinski definition) is 1. The van der Waals surface area contributed by atoms with Gasteiger partial charge in [0.15, 0.2) is 0 Å². The molecule has 19 heavy (non-hydrogen) atoms. The number of rotatable bonds is 3. The SMILES string of the molecule is O=C(CSc1ccc(F)cc1F)N1CCC(O)CC1. The van der Waals surface area contributed by atoms with Gasteiger partial charge in [0.25, 0.3) is 0 Å². The second-order valence-electron chi connectivity index (χ2n) is 4.48. The fourth-order valence-electron chi connectivity index (χ4n) is 1.94. The lowest BCUT2D eigenvalue weighted by Gasteiger charge is -2.29. The first-order valence-electron chi connectivity index (χ1n) is 6.10. The van der Waals surface area contributed by atoms with Crippen molar-refractivity contribution in [1.29, 1.82) is 0 Å². The highest BCUT2D eigenvalue weighted by Crippen LogP contribution is 2.23. The Labute approximate surface area is 114 Å². The Morgan fingerprint density at radius 3 is 2.68 bits per heavy atom. The van der Waals surface area contributed by atoms with E-state index in [4.69, 9.17) is 0 Å². The zero-order valence-corrected chi connectivity index (χ0v) is 11.1. The fraction of sp³-hybridized carbons (Fsp3) is 0.462. The quantitative estimate of drug-likeness (QED) is 0.865. The minimum absolute atomic E-state index is 0.0828. The molecule has 1 heterocycles. The maximum Gasteiger partial charge on any atom is 0.232 e. The Kier molecular flexibility index (Phi) is 4.76. The standard InChI is InChI=1S/C13H15F2NO2S/c14-9-1-2-12(11(15)7-9)19-8-13(18)16-5-3-10(17)4-6-16/h1-2,7,10,17H,3-6,8H2. The van der Waals surface area contributed by atoms with E-state index in [1.807, 2.05) is 0 Å². The summed E-state index contributed by atoms with van der Waals surface area (Å²) in [4.78, 5) is 13.8. The normalized spacial score (nSPS) is 16.7. The highest BCUT2D eigenvalue weighted by molar-refractivity contribution is 8.00. The third kappa shape index (κ3) is 3.91. The fourth-order valence-corrected chi connectivity index (χ4v) is 2.76. The van der Waals surface area contributed by atoms with Crippen molar-refractivity contribution in [2.75, 3.05) is 18.8 Å². The summed E-state index contributed by atoms with van der Waals surface area (Å²) in [5.74, 6) is -1.23. The number of hydrogen-bond acceptors (Lipinski definition) is 3. The zero-order valence-electron chi connectivity index (χ0n) is 10.3. The van der Waals surface area contributed by atoms with Gasteiger partial charge in [-0.3, -0.25) is 4.79 Å². The van der Waals surface area contributed by atoms with Crippen LogP contribution in [0.25, 0.3) is 0 Å². The van der Waals surface area contributed by atoms with E-state index in [1.54, 1.807) is 4.90 Å². The minimum Gasteiger partial charge on any atom is -0.393 e. The largest absolute Gasteiger partial charge is 0.393 e. The molecule has 0 saturated carbocycles. The van der Waals surface area contributed by atoms with E-state index in [9.17, 15) is 18.7 Å². The van der Waals surface area contributed by atoms with Crippen molar-refractivity contribution in [3.63, 3.8) is 0 Å². The monoisotopic (exact) mass is 287 g/mol. The summed E-state index contributed by atoms with van der Waals surface area (Å²) in [6.45, 7) is 1.07. The first kappa shape index (κ1) is 14.3. The number of halogens is 2. The summed E-state index contributed by atoms with van der Waals surface area (Å²) in [6, 6.07) is 3.32. The van der Waals surface area contributed by atoms with Crippen LogP contribution in [0.5, 0.6) is 0 Å². The molecule has 3 nitrogen and oxygen atoms in total. The number of likely N-dealkylation sites (tertiary alicyclic amines) is 1. The number of piperidine rings is 1. The molecular weight excluding hydrogens is 272 g/mol. The van der Waals surface area contributed by atoms with Crippen LogP contribution in [0.3, 0.4) is 0 Å². The van der Waals surface area contributed by atoms with Crippen LogP contribution in [-0.2, 0) is 4.79 Å². The average Bonchev–Trinajstić information content (AvgIpc) is 2.38. The van der Waals surface area contributed by atoms with Gasteiger partial charge < -0.3 is 10.0 Å². The Bertz CT molecular complexity index is 462. The van der Waals surface area contributed by atoms with Crippen LogP contribution in [-0.4, -0.2) is 40.9 Å². The molecule has 0 aliphatic carbocycles. The van der Waals surface area contributed by atoms with Crippen LogP contribution in [0.2, 0.25) is 0 Å². The molecule has 0 atom stereocenters. The van der Waals surface area contributed by atoms with Crippen LogP contribution in [0, 0.1) is 11.6 Å². The third-order valence-corrected chi connectivity index (χ3v) is 4.10. The van der Waals surface area contributed by atoms with Crippen molar-refractivity contribution in [1.82, 2.24) is 4.90 Å². The Balaban J connectivity index is 1.86. The first-order valence-corrected chi connectivity index (χ1v) is 7.08. The van der Waals surface area contributed by atoms with Crippen LogP contribution in [0.4, 0.5) is 8.78 Å². The number of nitrogens with zero attached hydrogens (tertiary/aromatic N) is 1. The predicted molar refractivity (Wildman–Crippen MR) is 68.9 cm³/mol. The van der Waals surface area contributed by atoms with Gasteiger partial charge in [-0.2, -0.15) is 0 Å². The number of amides is 1. The van der Waals surface area contributed by atoms with Crippen LogP contribution >= 0.6 is 11.8 Å². The topological polar surface area (TPSA) is 40.5 Å². The van der Waals surface area contributed by atoms with Crippen LogP contribution in [0.1, 0.15) is 12.8 Å². The van der Waals surface area contributed by atoms with Crippen molar-refractivity contribution in [3.8, 4) is 0 Å². The van der Waals surface area contributed by atoms with Gasteiger partial charge >= 0.3 is 0 Å². The summed E-state index contributed by atoms with van der Waals surface area (Å²) in [7, 11) is 0. The van der Waals surface area contributed by atoms with Crippen molar-refractivity contribution >= 4 is 17.7 Å². The summed E-state index contributed by atoms with van der Waals surface area (Å²) >= 11 is 1.06. The van der Waals surface area contributed by atoms with Gasteiger partial charge in [-0.15, -0.1) is 11.8 Å². The van der Waals surface area contributed by atoms with Gasteiger partial charge in [0.1, 0.15) is 11.6 Å². The molecule has 104 valence electrons. The summed E-state index contributed by atoms with van der Waals surface area (Å²) in [6.07, 6.45) is 0.842. The minimum atomic E-state index is -0.646. The number of carbonyl (C=O) groups is 1. The molecule has 0 bridgehead atoms. The number of aliphatic hydroxyl groups excluding tert-OH is 1. The molecule has 0 radical (unpaired) electrons. The molecule has 1 fully saturated rings. The van der Waals surface area contributed by atoms with Crippen molar-refractivity contribution < 1.29 is 18.7 Å². The lowest BCUT2D eigenvalue weighted by molar-refractivity contribution is -0.130. The van der Waals surface area contributed by atoms with Crippen LogP contribution < -0.4 is 0 Å². The maximum atomic E-state index is 13.4. The molecule has 6 heteroatoms. The van der Waals surface area contributed by atoms with Crippen LogP contribution in [0.15, 0.2) is 23.1 Å². The summed E-state index contributed by atoms with van der Waals surface area (Å²) in [5, 5.41) is 9.35. The van der Waals surface area contributed by atoms with Crippen molar-refractivity contribution in [3.05, 3.63) is 29.8 Å². The number of aliphatic hydroxyl groups is 1. The molecule has 1 aliphatic rings. The van der Waals surface area contributed by atoms with Gasteiger partial charge in [-0.05, 0) is 25.0 Å². The highest BCUT2D eigenvalue weighted by atomic mass is 32.2. The van der Waals surface area contributed by atoms with Gasteiger partial charge in [0, 0.05) is 24.1 Å². The molecule has 1 aromatic carbocycles. The molecule has 1 aromatic rings. The first-order chi connectivity index (χ1) is 9.06. The smallest absolute Gasteiger partial charge is 0.232 e. The number of carbonyl (C=O) groups excluding carboxylic acids is 1. The molecule has 0 spiro atoms. The Morgan fingerprint density at radius 2 is 2.05 bits per heavy atom. The highest BCUT2D eigenvalue weighted by Gasteiger charge is 2.21. The maximum absolute atomic E-state index is 13.4. The van der Waals surface area contributed by atoms with Gasteiger partial charge in [0.05, 0.1) is 11.9 Å². The Morgan fingerprint density at radius 1 is 1.37 bits per heavy atom. The second kappa shape index (κ2) is 6.34. The molecule has 1 aliphatic heterocycles. The van der Waals surface area contributed by atoms with Crippen molar-refractivity contribution in [2.45, 2.75) is 23.8 Å². The van der Waals surface area contributed by atoms with E-state index < -0.39 is 11.6 Å². The van der Waals surface area contributed by atoms with E-state index in [0.29, 0.717) is 25.9 Å². The molecule has 1 saturated heterocycles. The Hall–Kier alpha value is -1.14. The second-order valence-corrected chi connectivity index (χ2v) is 5.49. The van der Waals surface area contributed by atoms with E-state index in [-0.39, 0.29) is 22.7 Å². The van der Waals surface area contributed by atoms with Crippen molar-refractivity contribution in [2.24, 2.45) is 0 Å². The predicted octanol–water partition coefficient (Wildman–Crippen LogP) is 2.04. The average molecular weight is 287 g/mol. The third-order valence-electron chi connectivity index (χ3n) is 3.06. The summed E-state index contributed by atoms with van der Waals surface area (Å²) < 4.78 is 26.1. The number of thioether (sulfide) groups is 1. The van der Waals surface area contributed by atoms with E-state index in [2.05, 4.69) is 0 Å². The lowest BCUT2D eigenvalue weighted by Crippen LogP contribution is -2.40. The molecule has 0 aromatic heterocycles.